The lowest BCUT2D eigenvalue weighted by atomic mass is 9.43. The number of aromatic nitrogens is 3. The Morgan fingerprint density at radius 2 is 1.85 bits per heavy atom. The zero-order valence-corrected chi connectivity index (χ0v) is 24.2. The van der Waals surface area contributed by atoms with Crippen molar-refractivity contribution in [3.8, 4) is 11.5 Å². The van der Waals surface area contributed by atoms with Gasteiger partial charge in [0.05, 0.1) is 26.4 Å². The minimum Gasteiger partial charge on any atom is -0.493 e. The van der Waals surface area contributed by atoms with Crippen molar-refractivity contribution < 1.29 is 24.1 Å². The molecule has 214 valence electrons. The van der Waals surface area contributed by atoms with Gasteiger partial charge in [-0.15, -0.1) is 5.10 Å². The molecular weight excluding hydrogens is 494 g/mol. The second-order valence-corrected chi connectivity index (χ2v) is 13.6. The van der Waals surface area contributed by atoms with Crippen LogP contribution in [0.4, 0.5) is 0 Å². The summed E-state index contributed by atoms with van der Waals surface area (Å²) in [7, 11) is 5.06. The Kier molecular flexibility index (Phi) is 6.73. The third-order valence-corrected chi connectivity index (χ3v) is 11.8. The molecular formula is C31H45N3O5. The Morgan fingerprint density at radius 1 is 1.03 bits per heavy atom. The molecule has 8 atom stereocenters. The van der Waals surface area contributed by atoms with Crippen molar-refractivity contribution in [2.75, 3.05) is 27.9 Å². The molecule has 8 nitrogen and oxygen atoms in total. The van der Waals surface area contributed by atoms with Crippen molar-refractivity contribution in [2.24, 2.45) is 40.4 Å². The Balaban J connectivity index is 1.25. The number of Topliss-reactive ketones (excluding diaryl/α,β-unsaturated/α-hetero) is 1. The van der Waals surface area contributed by atoms with E-state index >= 15 is 0 Å². The molecule has 1 N–H and O–H groups in total. The van der Waals surface area contributed by atoms with Gasteiger partial charge < -0.3 is 19.3 Å². The molecule has 39 heavy (non-hydrogen) atoms. The second-order valence-electron chi connectivity index (χ2n) is 13.6. The molecule has 6 rings (SSSR count). The van der Waals surface area contributed by atoms with E-state index in [0.29, 0.717) is 46.2 Å². The number of hydrogen-bond acceptors (Lipinski definition) is 7. The fourth-order valence-electron chi connectivity index (χ4n) is 10.1. The van der Waals surface area contributed by atoms with E-state index in [1.165, 1.54) is 12.8 Å². The van der Waals surface area contributed by atoms with E-state index in [2.05, 4.69) is 17.2 Å². The number of fused-ring (bicyclic) bond motifs is 6. The molecule has 4 saturated carbocycles. The molecule has 1 aromatic heterocycles. The van der Waals surface area contributed by atoms with E-state index in [1.54, 1.807) is 18.9 Å². The van der Waals surface area contributed by atoms with E-state index < -0.39 is 5.60 Å². The zero-order valence-electron chi connectivity index (χ0n) is 24.2. The molecule has 0 amide bonds. The first kappa shape index (κ1) is 27.0. The van der Waals surface area contributed by atoms with Gasteiger partial charge in [-0.05, 0) is 111 Å². The van der Waals surface area contributed by atoms with Gasteiger partial charge in [0.15, 0.2) is 17.3 Å². The SMILES string of the molecule is COCC12CCC(C)(O)CC1CCC1C3CCC(C(=O)Cn4nnc5ccc(OC)c(OC)c54)C3(C)CCC12. The van der Waals surface area contributed by atoms with E-state index in [-0.39, 0.29) is 29.1 Å². The summed E-state index contributed by atoms with van der Waals surface area (Å²) in [5, 5.41) is 19.6. The van der Waals surface area contributed by atoms with E-state index in [1.807, 2.05) is 26.2 Å². The standard InChI is InChI=1S/C31H45N3O5/c1-29(36)14-15-31(18-37-3)19(16-29)6-7-20-21-8-9-23(30(21,2)13-12-22(20)31)25(35)17-34-27-24(32-33-34)10-11-26(38-4)28(27)39-5/h10-11,19-23,36H,6-9,12-18H2,1-5H3. The highest BCUT2D eigenvalue weighted by atomic mass is 16.5. The van der Waals surface area contributed by atoms with Crippen LogP contribution in [0.3, 0.4) is 0 Å². The number of hydrogen-bond donors (Lipinski definition) is 1. The van der Waals surface area contributed by atoms with Crippen LogP contribution in [0.15, 0.2) is 12.1 Å². The Bertz CT molecular complexity index is 1240. The fraction of sp³-hybridized carbons (Fsp3) is 0.774. The second kappa shape index (κ2) is 9.72. The third-order valence-electron chi connectivity index (χ3n) is 11.8. The number of carbonyl (C=O) groups excluding carboxylic acids is 1. The van der Waals surface area contributed by atoms with Gasteiger partial charge in [-0.25, -0.2) is 4.68 Å². The van der Waals surface area contributed by atoms with Crippen LogP contribution >= 0.6 is 0 Å². The lowest BCUT2D eigenvalue weighted by molar-refractivity contribution is -0.175. The third kappa shape index (κ3) is 4.11. The lowest BCUT2D eigenvalue weighted by Crippen LogP contribution is -2.58. The van der Waals surface area contributed by atoms with Crippen LogP contribution in [0.1, 0.15) is 71.6 Å². The largest absolute Gasteiger partial charge is 0.493 e. The van der Waals surface area contributed by atoms with Crippen molar-refractivity contribution in [1.82, 2.24) is 15.0 Å². The number of ether oxygens (including phenoxy) is 3. The molecule has 8 unspecified atom stereocenters. The number of methoxy groups -OCH3 is 3. The average Bonchev–Trinajstić information content (AvgIpc) is 3.48. The molecule has 8 heteroatoms. The number of rotatable bonds is 7. The summed E-state index contributed by atoms with van der Waals surface area (Å²) in [4.78, 5) is 14.0. The predicted octanol–water partition coefficient (Wildman–Crippen LogP) is 5.05. The van der Waals surface area contributed by atoms with E-state index in [0.717, 1.165) is 51.6 Å². The van der Waals surface area contributed by atoms with Crippen LogP contribution in [-0.2, 0) is 16.1 Å². The van der Waals surface area contributed by atoms with Crippen LogP contribution < -0.4 is 9.47 Å². The summed E-state index contributed by atoms with van der Waals surface area (Å²) in [6.07, 6.45) is 9.49. The zero-order chi connectivity index (χ0) is 27.6. The maximum atomic E-state index is 14.0. The molecule has 0 saturated heterocycles. The quantitative estimate of drug-likeness (QED) is 0.526. The monoisotopic (exact) mass is 539 g/mol. The van der Waals surface area contributed by atoms with Gasteiger partial charge in [0.1, 0.15) is 17.6 Å². The smallest absolute Gasteiger partial charge is 0.188 e. The highest BCUT2D eigenvalue weighted by molar-refractivity contribution is 5.87. The molecule has 1 aromatic carbocycles. The van der Waals surface area contributed by atoms with Crippen molar-refractivity contribution in [2.45, 2.75) is 83.8 Å². The molecule has 0 radical (unpaired) electrons. The van der Waals surface area contributed by atoms with Gasteiger partial charge in [0.25, 0.3) is 0 Å². The number of aliphatic hydroxyl groups is 1. The topological polar surface area (TPSA) is 95.7 Å². The maximum absolute atomic E-state index is 14.0. The molecule has 0 bridgehead atoms. The minimum absolute atomic E-state index is 0.0116. The molecule has 4 fully saturated rings. The molecule has 4 aliphatic carbocycles. The summed E-state index contributed by atoms with van der Waals surface area (Å²) in [6, 6.07) is 3.68. The van der Waals surface area contributed by atoms with Crippen LogP contribution in [0.25, 0.3) is 11.0 Å². The normalized spacial score (nSPS) is 39.6. The highest BCUT2D eigenvalue weighted by Crippen LogP contribution is 2.68. The summed E-state index contributed by atoms with van der Waals surface area (Å²) >= 11 is 0. The van der Waals surface area contributed by atoms with Crippen molar-refractivity contribution in [3.05, 3.63) is 12.1 Å². The Morgan fingerprint density at radius 3 is 2.59 bits per heavy atom. The Labute approximate surface area is 231 Å². The Hall–Kier alpha value is -2.19. The predicted molar refractivity (Wildman–Crippen MR) is 148 cm³/mol. The van der Waals surface area contributed by atoms with Crippen LogP contribution in [-0.4, -0.2) is 59.4 Å². The van der Waals surface area contributed by atoms with Crippen LogP contribution in [0.2, 0.25) is 0 Å². The molecule has 1 heterocycles. The van der Waals surface area contributed by atoms with Crippen LogP contribution in [0.5, 0.6) is 11.5 Å². The van der Waals surface area contributed by atoms with Crippen molar-refractivity contribution in [1.29, 1.82) is 0 Å². The first-order valence-corrected chi connectivity index (χ1v) is 14.9. The number of benzene rings is 1. The lowest BCUT2D eigenvalue weighted by Gasteiger charge is -2.62. The summed E-state index contributed by atoms with van der Waals surface area (Å²) < 4.78 is 18.7. The summed E-state index contributed by atoms with van der Waals surface area (Å²) in [5.74, 6) is 3.80. The number of nitrogens with zero attached hydrogens (tertiary/aromatic N) is 3. The van der Waals surface area contributed by atoms with Gasteiger partial charge in [0, 0.05) is 13.0 Å². The summed E-state index contributed by atoms with van der Waals surface area (Å²) in [5.41, 5.74) is 1.03. The highest BCUT2D eigenvalue weighted by Gasteiger charge is 2.63. The maximum Gasteiger partial charge on any atom is 0.188 e. The minimum atomic E-state index is -0.555. The molecule has 0 spiro atoms. The molecule has 0 aliphatic heterocycles. The van der Waals surface area contributed by atoms with Gasteiger partial charge in [0.2, 0.25) is 0 Å². The first-order chi connectivity index (χ1) is 18.7. The van der Waals surface area contributed by atoms with E-state index in [4.69, 9.17) is 14.2 Å². The summed E-state index contributed by atoms with van der Waals surface area (Å²) in [6.45, 7) is 5.41. The first-order valence-electron chi connectivity index (χ1n) is 14.9. The fourth-order valence-corrected chi connectivity index (χ4v) is 10.1. The number of ketones is 1. The molecule has 4 aliphatic rings. The van der Waals surface area contributed by atoms with Crippen LogP contribution in [0, 0.1) is 40.4 Å². The van der Waals surface area contributed by atoms with Crippen molar-refractivity contribution in [3.63, 3.8) is 0 Å². The molecule has 2 aromatic rings. The van der Waals surface area contributed by atoms with Crippen molar-refractivity contribution >= 4 is 16.8 Å². The van der Waals surface area contributed by atoms with Gasteiger partial charge in [-0.3, -0.25) is 4.79 Å². The average molecular weight is 540 g/mol. The van der Waals surface area contributed by atoms with Gasteiger partial charge >= 0.3 is 0 Å². The van der Waals surface area contributed by atoms with E-state index in [9.17, 15) is 9.90 Å². The van der Waals surface area contributed by atoms with Gasteiger partial charge in [-0.1, -0.05) is 12.1 Å². The van der Waals surface area contributed by atoms with Gasteiger partial charge in [-0.2, -0.15) is 0 Å². The number of carbonyl (C=O) groups is 1.